The van der Waals surface area contributed by atoms with E-state index in [-0.39, 0.29) is 17.9 Å². The second-order valence-electron chi connectivity index (χ2n) is 4.60. The molecule has 1 aliphatic heterocycles. The first-order valence-electron chi connectivity index (χ1n) is 6.25. The highest BCUT2D eigenvalue weighted by molar-refractivity contribution is 5.92. The van der Waals surface area contributed by atoms with Gasteiger partial charge in [0.05, 0.1) is 0 Å². The van der Waals surface area contributed by atoms with Crippen LogP contribution in [0.1, 0.15) is 29.1 Å². The average Bonchev–Trinajstić information content (AvgIpc) is 2.85. The van der Waals surface area contributed by atoms with Gasteiger partial charge in [0.1, 0.15) is 5.76 Å². The molecule has 0 aliphatic carbocycles. The van der Waals surface area contributed by atoms with E-state index in [1.807, 2.05) is 0 Å². The molecular weight excluding hydrogens is 246 g/mol. The van der Waals surface area contributed by atoms with Gasteiger partial charge in [-0.1, -0.05) is 11.7 Å². The number of likely N-dealkylation sites (tertiary alicyclic amines) is 1. The second-order valence-corrected chi connectivity index (χ2v) is 4.60. The van der Waals surface area contributed by atoms with Crippen molar-refractivity contribution in [1.29, 1.82) is 0 Å². The van der Waals surface area contributed by atoms with Crippen molar-refractivity contribution in [2.45, 2.75) is 25.8 Å². The van der Waals surface area contributed by atoms with Crippen molar-refractivity contribution >= 4 is 11.8 Å². The summed E-state index contributed by atoms with van der Waals surface area (Å²) < 4.78 is 4.86. The third-order valence-corrected chi connectivity index (χ3v) is 3.18. The highest BCUT2D eigenvalue weighted by Gasteiger charge is 2.23. The molecule has 1 aliphatic rings. The lowest BCUT2D eigenvalue weighted by molar-refractivity contribution is -0.127. The van der Waals surface area contributed by atoms with E-state index >= 15 is 0 Å². The summed E-state index contributed by atoms with van der Waals surface area (Å²) in [5, 5.41) is 6.57. The molecule has 6 heteroatoms. The number of carbonyl (C=O) groups is 2. The first-order valence-corrected chi connectivity index (χ1v) is 6.25. The first kappa shape index (κ1) is 13.3. The van der Waals surface area contributed by atoms with Crippen LogP contribution in [0, 0.1) is 6.92 Å². The van der Waals surface area contributed by atoms with Gasteiger partial charge >= 0.3 is 0 Å². The second kappa shape index (κ2) is 5.69. The number of nitrogens with one attached hydrogen (secondary N) is 1. The Bertz CT molecular complexity index is 487. The highest BCUT2D eigenvalue weighted by Crippen LogP contribution is 2.11. The maximum atomic E-state index is 11.9. The zero-order valence-electron chi connectivity index (χ0n) is 10.9. The van der Waals surface area contributed by atoms with E-state index < -0.39 is 0 Å². The fraction of sp³-hybridized carbons (Fsp3) is 0.462. The molecule has 19 heavy (non-hydrogen) atoms. The number of nitrogens with zero attached hydrogens (tertiary/aromatic N) is 2. The Kier molecular flexibility index (Phi) is 3.99. The van der Waals surface area contributed by atoms with Crippen molar-refractivity contribution in [2.75, 3.05) is 13.1 Å². The van der Waals surface area contributed by atoms with Crippen LogP contribution in [0.2, 0.25) is 0 Å². The standard InChI is InChI=1S/C13H17N3O3/c1-3-12(17)16-6-4-10(5-7-16)14-13(18)11-8-9(2)19-15-11/h3,8,10H,1,4-7H2,2H3,(H,14,18). The molecule has 0 saturated carbocycles. The number of aromatic nitrogens is 1. The lowest BCUT2D eigenvalue weighted by Crippen LogP contribution is -2.46. The van der Waals surface area contributed by atoms with Crippen molar-refractivity contribution in [2.24, 2.45) is 0 Å². The Labute approximate surface area is 111 Å². The fourth-order valence-corrected chi connectivity index (χ4v) is 2.11. The van der Waals surface area contributed by atoms with E-state index in [1.54, 1.807) is 17.9 Å². The van der Waals surface area contributed by atoms with E-state index in [4.69, 9.17) is 4.52 Å². The molecule has 102 valence electrons. The van der Waals surface area contributed by atoms with Gasteiger partial charge in [-0.15, -0.1) is 0 Å². The third-order valence-electron chi connectivity index (χ3n) is 3.18. The van der Waals surface area contributed by atoms with Gasteiger partial charge in [0.2, 0.25) is 5.91 Å². The molecule has 0 atom stereocenters. The average molecular weight is 263 g/mol. The van der Waals surface area contributed by atoms with E-state index in [0.717, 1.165) is 12.8 Å². The van der Waals surface area contributed by atoms with Crippen LogP contribution in [0.5, 0.6) is 0 Å². The molecule has 2 heterocycles. The van der Waals surface area contributed by atoms with E-state index in [0.29, 0.717) is 24.5 Å². The van der Waals surface area contributed by atoms with Crippen molar-refractivity contribution in [1.82, 2.24) is 15.4 Å². The van der Waals surface area contributed by atoms with Gasteiger partial charge in [0, 0.05) is 25.2 Å². The van der Waals surface area contributed by atoms with Gasteiger partial charge in [-0.05, 0) is 25.8 Å². The molecular formula is C13H17N3O3. The Morgan fingerprint density at radius 3 is 2.74 bits per heavy atom. The maximum Gasteiger partial charge on any atom is 0.273 e. The molecule has 1 fully saturated rings. The summed E-state index contributed by atoms with van der Waals surface area (Å²) in [7, 11) is 0. The van der Waals surface area contributed by atoms with Crippen LogP contribution in [-0.4, -0.2) is 41.0 Å². The minimum absolute atomic E-state index is 0.0584. The summed E-state index contributed by atoms with van der Waals surface area (Å²) in [6.07, 6.45) is 2.79. The lowest BCUT2D eigenvalue weighted by Gasteiger charge is -2.31. The smallest absolute Gasteiger partial charge is 0.273 e. The number of hydrogen-bond donors (Lipinski definition) is 1. The molecule has 1 saturated heterocycles. The Morgan fingerprint density at radius 2 is 2.21 bits per heavy atom. The molecule has 0 bridgehead atoms. The fourth-order valence-electron chi connectivity index (χ4n) is 2.11. The summed E-state index contributed by atoms with van der Waals surface area (Å²) in [5.41, 5.74) is 0.294. The predicted octanol–water partition coefficient (Wildman–Crippen LogP) is 0.890. The van der Waals surface area contributed by atoms with Crippen LogP contribution in [0.3, 0.4) is 0 Å². The molecule has 1 aromatic heterocycles. The van der Waals surface area contributed by atoms with Crippen LogP contribution in [-0.2, 0) is 4.79 Å². The number of amides is 2. The normalized spacial score (nSPS) is 16.2. The Balaban J connectivity index is 1.84. The molecule has 0 unspecified atom stereocenters. The number of carbonyl (C=O) groups excluding carboxylic acids is 2. The predicted molar refractivity (Wildman–Crippen MR) is 68.5 cm³/mol. The number of aryl methyl sites for hydroxylation is 1. The van der Waals surface area contributed by atoms with E-state index in [2.05, 4.69) is 17.1 Å². The molecule has 0 spiro atoms. The molecule has 2 amide bonds. The van der Waals surface area contributed by atoms with Crippen LogP contribution in [0.25, 0.3) is 0 Å². The zero-order valence-corrected chi connectivity index (χ0v) is 10.9. The van der Waals surface area contributed by atoms with E-state index in [1.165, 1.54) is 6.08 Å². The zero-order chi connectivity index (χ0) is 13.8. The topological polar surface area (TPSA) is 75.4 Å². The first-order chi connectivity index (χ1) is 9.10. The number of hydrogen-bond acceptors (Lipinski definition) is 4. The molecule has 1 aromatic rings. The summed E-state index contributed by atoms with van der Waals surface area (Å²) in [5.74, 6) is 0.318. The Hall–Kier alpha value is -2.11. The van der Waals surface area contributed by atoms with Crippen molar-refractivity contribution in [3.63, 3.8) is 0 Å². The van der Waals surface area contributed by atoms with Crippen molar-refractivity contribution < 1.29 is 14.1 Å². The van der Waals surface area contributed by atoms with Crippen LogP contribution >= 0.6 is 0 Å². The summed E-state index contributed by atoms with van der Waals surface area (Å²) in [4.78, 5) is 25.0. The molecule has 0 radical (unpaired) electrons. The quantitative estimate of drug-likeness (QED) is 0.822. The van der Waals surface area contributed by atoms with Gasteiger partial charge in [-0.2, -0.15) is 0 Å². The Morgan fingerprint density at radius 1 is 1.53 bits per heavy atom. The van der Waals surface area contributed by atoms with Gasteiger partial charge in [0.25, 0.3) is 5.91 Å². The molecule has 1 N–H and O–H groups in total. The van der Waals surface area contributed by atoms with Gasteiger partial charge < -0.3 is 14.7 Å². The van der Waals surface area contributed by atoms with E-state index in [9.17, 15) is 9.59 Å². The summed E-state index contributed by atoms with van der Waals surface area (Å²) in [6, 6.07) is 1.67. The monoisotopic (exact) mass is 263 g/mol. The largest absolute Gasteiger partial charge is 0.361 e. The lowest BCUT2D eigenvalue weighted by atomic mass is 10.0. The van der Waals surface area contributed by atoms with Gasteiger partial charge in [0.15, 0.2) is 5.69 Å². The number of piperidine rings is 1. The van der Waals surface area contributed by atoms with Gasteiger partial charge in [-0.3, -0.25) is 9.59 Å². The summed E-state index contributed by atoms with van der Waals surface area (Å²) >= 11 is 0. The molecule has 0 aromatic carbocycles. The van der Waals surface area contributed by atoms with Crippen LogP contribution in [0.4, 0.5) is 0 Å². The minimum Gasteiger partial charge on any atom is -0.361 e. The van der Waals surface area contributed by atoms with Gasteiger partial charge in [-0.25, -0.2) is 0 Å². The minimum atomic E-state index is -0.231. The maximum absolute atomic E-state index is 11.9. The number of rotatable bonds is 3. The summed E-state index contributed by atoms with van der Waals surface area (Å²) in [6.45, 7) is 6.47. The third kappa shape index (κ3) is 3.21. The SMILES string of the molecule is C=CC(=O)N1CCC(NC(=O)c2cc(C)on2)CC1. The van der Waals surface area contributed by atoms with Crippen molar-refractivity contribution in [3.05, 3.63) is 30.2 Å². The highest BCUT2D eigenvalue weighted by atomic mass is 16.5. The molecule has 6 nitrogen and oxygen atoms in total. The van der Waals surface area contributed by atoms with Crippen LogP contribution < -0.4 is 5.32 Å². The van der Waals surface area contributed by atoms with Crippen LogP contribution in [0.15, 0.2) is 23.2 Å². The molecule has 2 rings (SSSR count). The van der Waals surface area contributed by atoms with Crippen molar-refractivity contribution in [3.8, 4) is 0 Å².